The molecule has 1 atom stereocenters. The molecule has 1 unspecified atom stereocenters. The SMILES string of the molecule is CC(Nc1ccc([N+](=O)[O-])cc1)c1ccc(Cl)c(Cl)c1Cl. The van der Waals surface area contributed by atoms with Crippen molar-refractivity contribution < 1.29 is 4.92 Å². The fraction of sp³-hybridized carbons (Fsp3) is 0.143. The van der Waals surface area contributed by atoms with Gasteiger partial charge in [-0.1, -0.05) is 40.9 Å². The Hall–Kier alpha value is -1.49. The van der Waals surface area contributed by atoms with Gasteiger partial charge >= 0.3 is 0 Å². The number of hydrogen-bond donors (Lipinski definition) is 1. The third kappa shape index (κ3) is 3.59. The second kappa shape index (κ2) is 6.52. The second-order valence-electron chi connectivity index (χ2n) is 4.43. The number of nitrogens with one attached hydrogen (secondary N) is 1. The van der Waals surface area contributed by atoms with Gasteiger partial charge in [-0.05, 0) is 30.7 Å². The largest absolute Gasteiger partial charge is 0.378 e. The Morgan fingerprint density at radius 2 is 1.67 bits per heavy atom. The first-order valence-corrected chi connectivity index (χ1v) is 7.18. The monoisotopic (exact) mass is 344 g/mol. The maximum Gasteiger partial charge on any atom is 0.269 e. The van der Waals surface area contributed by atoms with Crippen LogP contribution in [0.1, 0.15) is 18.5 Å². The number of anilines is 1. The molecule has 0 aromatic heterocycles. The molecular weight excluding hydrogens is 335 g/mol. The highest BCUT2D eigenvalue weighted by atomic mass is 35.5. The lowest BCUT2D eigenvalue weighted by molar-refractivity contribution is -0.384. The van der Waals surface area contributed by atoms with E-state index in [1.807, 2.05) is 6.92 Å². The Kier molecular flexibility index (Phi) is 4.93. The summed E-state index contributed by atoms with van der Waals surface area (Å²) in [6.45, 7) is 1.91. The van der Waals surface area contributed by atoms with E-state index in [9.17, 15) is 10.1 Å². The number of nitro groups is 1. The van der Waals surface area contributed by atoms with Crippen molar-refractivity contribution in [2.24, 2.45) is 0 Å². The number of nitro benzene ring substituents is 1. The minimum atomic E-state index is -0.441. The Bertz CT molecular complexity index is 675. The lowest BCUT2D eigenvalue weighted by Gasteiger charge is -2.18. The van der Waals surface area contributed by atoms with Gasteiger partial charge in [0.25, 0.3) is 5.69 Å². The van der Waals surface area contributed by atoms with Crippen LogP contribution >= 0.6 is 34.8 Å². The van der Waals surface area contributed by atoms with Crippen LogP contribution in [0.15, 0.2) is 36.4 Å². The van der Waals surface area contributed by atoms with E-state index in [0.717, 1.165) is 11.3 Å². The average Bonchev–Trinajstić information content (AvgIpc) is 2.45. The summed E-state index contributed by atoms with van der Waals surface area (Å²) < 4.78 is 0. The number of halogens is 3. The highest BCUT2D eigenvalue weighted by molar-refractivity contribution is 6.48. The molecule has 2 aromatic rings. The summed E-state index contributed by atoms with van der Waals surface area (Å²) >= 11 is 18.1. The van der Waals surface area contributed by atoms with E-state index in [0.29, 0.717) is 15.1 Å². The lowest BCUT2D eigenvalue weighted by atomic mass is 10.1. The molecular formula is C14H11Cl3N2O2. The van der Waals surface area contributed by atoms with Crippen LogP contribution in [-0.2, 0) is 0 Å². The summed E-state index contributed by atoms with van der Waals surface area (Å²) in [5, 5.41) is 14.9. The minimum Gasteiger partial charge on any atom is -0.378 e. The fourth-order valence-corrected chi connectivity index (χ4v) is 2.59. The first-order chi connectivity index (χ1) is 9.90. The van der Waals surface area contributed by atoms with Crippen molar-refractivity contribution in [2.75, 3.05) is 5.32 Å². The first-order valence-electron chi connectivity index (χ1n) is 6.04. The topological polar surface area (TPSA) is 55.2 Å². The normalized spacial score (nSPS) is 12.0. The molecule has 1 N–H and O–H groups in total. The van der Waals surface area contributed by atoms with Gasteiger partial charge in [0.2, 0.25) is 0 Å². The van der Waals surface area contributed by atoms with Crippen LogP contribution in [0, 0.1) is 10.1 Å². The molecule has 110 valence electrons. The van der Waals surface area contributed by atoms with Gasteiger partial charge in [0.1, 0.15) is 0 Å². The second-order valence-corrected chi connectivity index (χ2v) is 5.60. The molecule has 0 spiro atoms. The number of benzene rings is 2. The third-order valence-corrected chi connectivity index (χ3v) is 4.30. The molecule has 0 aliphatic rings. The van der Waals surface area contributed by atoms with Crippen molar-refractivity contribution in [1.29, 1.82) is 0 Å². The zero-order valence-electron chi connectivity index (χ0n) is 10.9. The molecule has 2 rings (SSSR count). The molecule has 21 heavy (non-hydrogen) atoms. The van der Waals surface area contributed by atoms with Crippen molar-refractivity contribution in [2.45, 2.75) is 13.0 Å². The predicted molar refractivity (Wildman–Crippen MR) is 86.6 cm³/mol. The van der Waals surface area contributed by atoms with E-state index in [1.54, 1.807) is 24.3 Å². The van der Waals surface area contributed by atoms with Crippen LogP contribution in [0.2, 0.25) is 15.1 Å². The molecule has 0 heterocycles. The van der Waals surface area contributed by atoms with E-state index in [-0.39, 0.29) is 11.7 Å². The predicted octanol–water partition coefficient (Wildman–Crippen LogP) is 5.73. The Morgan fingerprint density at radius 3 is 2.24 bits per heavy atom. The van der Waals surface area contributed by atoms with Gasteiger partial charge in [0.05, 0.1) is 26.0 Å². The molecule has 0 aliphatic heterocycles. The molecule has 0 fully saturated rings. The Balaban J connectivity index is 2.20. The molecule has 0 saturated carbocycles. The highest BCUT2D eigenvalue weighted by Crippen LogP contribution is 2.36. The van der Waals surface area contributed by atoms with Crippen molar-refractivity contribution in [3.8, 4) is 0 Å². The van der Waals surface area contributed by atoms with Crippen LogP contribution in [0.4, 0.5) is 11.4 Å². The van der Waals surface area contributed by atoms with Gasteiger partial charge in [-0.25, -0.2) is 0 Å². The van der Waals surface area contributed by atoms with Crippen molar-refractivity contribution >= 4 is 46.2 Å². The van der Waals surface area contributed by atoms with E-state index in [1.165, 1.54) is 12.1 Å². The zero-order chi connectivity index (χ0) is 15.6. The number of nitrogens with zero attached hydrogens (tertiary/aromatic N) is 1. The van der Waals surface area contributed by atoms with Crippen LogP contribution in [-0.4, -0.2) is 4.92 Å². The first kappa shape index (κ1) is 15.9. The summed E-state index contributed by atoms with van der Waals surface area (Å²) in [5.74, 6) is 0. The van der Waals surface area contributed by atoms with Crippen LogP contribution in [0.3, 0.4) is 0 Å². The Morgan fingerprint density at radius 1 is 1.05 bits per heavy atom. The summed E-state index contributed by atoms with van der Waals surface area (Å²) in [4.78, 5) is 10.2. The number of hydrogen-bond acceptors (Lipinski definition) is 3. The summed E-state index contributed by atoms with van der Waals surface area (Å²) in [6, 6.07) is 9.49. The number of rotatable bonds is 4. The van der Waals surface area contributed by atoms with E-state index in [2.05, 4.69) is 5.32 Å². The van der Waals surface area contributed by atoms with Crippen molar-refractivity contribution in [3.05, 3.63) is 67.1 Å². The van der Waals surface area contributed by atoms with Crippen molar-refractivity contribution in [3.63, 3.8) is 0 Å². The quantitative estimate of drug-likeness (QED) is 0.437. The average molecular weight is 346 g/mol. The molecule has 0 amide bonds. The van der Waals surface area contributed by atoms with E-state index >= 15 is 0 Å². The van der Waals surface area contributed by atoms with Gasteiger partial charge in [0, 0.05) is 17.8 Å². The number of non-ortho nitro benzene ring substituents is 1. The molecule has 2 aromatic carbocycles. The zero-order valence-corrected chi connectivity index (χ0v) is 13.2. The third-order valence-electron chi connectivity index (χ3n) is 2.99. The molecule has 0 bridgehead atoms. The Labute approximate surface area is 136 Å². The summed E-state index contributed by atoms with van der Waals surface area (Å²) in [6.07, 6.45) is 0. The van der Waals surface area contributed by atoms with Crippen LogP contribution in [0.5, 0.6) is 0 Å². The van der Waals surface area contributed by atoms with Gasteiger partial charge in [-0.2, -0.15) is 0 Å². The maximum atomic E-state index is 10.6. The maximum absolute atomic E-state index is 10.6. The molecule has 7 heteroatoms. The standard InChI is InChI=1S/C14H11Cl3N2O2/c1-8(11-6-7-12(15)14(17)13(11)16)18-9-2-4-10(5-3-9)19(20)21/h2-8,18H,1H3. The molecule has 0 aliphatic carbocycles. The highest BCUT2D eigenvalue weighted by Gasteiger charge is 2.14. The van der Waals surface area contributed by atoms with Gasteiger partial charge in [0.15, 0.2) is 0 Å². The van der Waals surface area contributed by atoms with E-state index in [4.69, 9.17) is 34.8 Å². The molecule has 0 radical (unpaired) electrons. The van der Waals surface area contributed by atoms with E-state index < -0.39 is 4.92 Å². The smallest absolute Gasteiger partial charge is 0.269 e. The van der Waals surface area contributed by atoms with Gasteiger partial charge in [-0.3, -0.25) is 10.1 Å². The van der Waals surface area contributed by atoms with Crippen LogP contribution in [0.25, 0.3) is 0 Å². The fourth-order valence-electron chi connectivity index (χ4n) is 1.88. The summed E-state index contributed by atoms with van der Waals surface area (Å²) in [5.41, 5.74) is 1.58. The molecule has 4 nitrogen and oxygen atoms in total. The van der Waals surface area contributed by atoms with Crippen LogP contribution < -0.4 is 5.32 Å². The minimum absolute atomic E-state index is 0.0424. The van der Waals surface area contributed by atoms with Gasteiger partial charge in [-0.15, -0.1) is 0 Å². The summed E-state index contributed by atoms with van der Waals surface area (Å²) in [7, 11) is 0. The van der Waals surface area contributed by atoms with Gasteiger partial charge < -0.3 is 5.32 Å². The lowest BCUT2D eigenvalue weighted by Crippen LogP contribution is -2.07. The van der Waals surface area contributed by atoms with Crippen molar-refractivity contribution in [1.82, 2.24) is 0 Å². The molecule has 0 saturated heterocycles.